The first kappa shape index (κ1) is 15.7. The SMILES string of the molecule is O=C(Nc1nc(-c2ccncc2)cs1)C1C[C@@H]2CS(=O)(=O)C[C@@H]2C1. The molecule has 1 aliphatic heterocycles. The molecule has 4 rings (SSSR count). The fraction of sp³-hybridized carbons (Fsp3) is 0.438. The number of carbonyl (C=O) groups is 1. The molecule has 1 aliphatic carbocycles. The van der Waals surface area contributed by atoms with Crippen LogP contribution in [0.3, 0.4) is 0 Å². The third-order valence-corrected chi connectivity index (χ3v) is 7.49. The van der Waals surface area contributed by atoms with Crippen molar-refractivity contribution in [2.45, 2.75) is 12.8 Å². The first-order chi connectivity index (χ1) is 11.5. The van der Waals surface area contributed by atoms with Crippen LogP contribution in [-0.2, 0) is 14.6 Å². The predicted molar refractivity (Wildman–Crippen MR) is 92.3 cm³/mol. The second kappa shape index (κ2) is 5.93. The van der Waals surface area contributed by atoms with E-state index in [1.807, 2.05) is 17.5 Å². The van der Waals surface area contributed by atoms with Crippen LogP contribution in [0.25, 0.3) is 11.3 Å². The monoisotopic (exact) mass is 363 g/mol. The minimum atomic E-state index is -2.89. The quantitative estimate of drug-likeness (QED) is 0.903. The smallest absolute Gasteiger partial charge is 0.229 e. The molecule has 1 saturated carbocycles. The van der Waals surface area contributed by atoms with Crippen LogP contribution in [0.1, 0.15) is 12.8 Å². The molecule has 2 aromatic rings. The maximum atomic E-state index is 12.4. The molecule has 2 aliphatic rings. The second-order valence-corrected chi connectivity index (χ2v) is 9.54. The van der Waals surface area contributed by atoms with Crippen molar-refractivity contribution in [1.29, 1.82) is 0 Å². The summed E-state index contributed by atoms with van der Waals surface area (Å²) in [4.78, 5) is 20.9. The van der Waals surface area contributed by atoms with E-state index >= 15 is 0 Å². The Labute approximate surface area is 144 Å². The van der Waals surface area contributed by atoms with E-state index in [9.17, 15) is 13.2 Å². The zero-order valence-electron chi connectivity index (χ0n) is 12.9. The molecule has 8 heteroatoms. The lowest BCUT2D eigenvalue weighted by atomic mass is 10.0. The number of hydrogen-bond acceptors (Lipinski definition) is 6. The third kappa shape index (κ3) is 3.08. The Bertz CT molecular complexity index is 844. The van der Waals surface area contributed by atoms with Crippen LogP contribution in [0.2, 0.25) is 0 Å². The van der Waals surface area contributed by atoms with Gasteiger partial charge in [0.2, 0.25) is 5.91 Å². The molecule has 0 spiro atoms. The maximum absolute atomic E-state index is 12.4. The molecule has 126 valence electrons. The molecular formula is C16H17N3O3S2. The summed E-state index contributed by atoms with van der Waals surface area (Å²) in [6, 6.07) is 3.75. The lowest BCUT2D eigenvalue weighted by molar-refractivity contribution is -0.119. The zero-order valence-corrected chi connectivity index (χ0v) is 14.5. The Kier molecular flexibility index (Phi) is 3.88. The normalized spacial score (nSPS) is 27.8. The molecule has 1 unspecified atom stereocenters. The van der Waals surface area contributed by atoms with Gasteiger partial charge >= 0.3 is 0 Å². The summed E-state index contributed by atoms with van der Waals surface area (Å²) >= 11 is 1.39. The van der Waals surface area contributed by atoms with E-state index in [-0.39, 0.29) is 35.2 Å². The number of thiazole rings is 1. The fourth-order valence-electron chi connectivity index (χ4n) is 3.75. The lowest BCUT2D eigenvalue weighted by Crippen LogP contribution is -2.22. The second-order valence-electron chi connectivity index (χ2n) is 6.53. The van der Waals surface area contributed by atoms with Gasteiger partial charge in [0, 0.05) is 29.3 Å². The number of anilines is 1. The van der Waals surface area contributed by atoms with Gasteiger partial charge in [0.1, 0.15) is 0 Å². The van der Waals surface area contributed by atoms with Crippen LogP contribution >= 0.6 is 11.3 Å². The van der Waals surface area contributed by atoms with Crippen molar-refractivity contribution in [3.8, 4) is 11.3 Å². The number of aromatic nitrogens is 2. The summed E-state index contributed by atoms with van der Waals surface area (Å²) < 4.78 is 23.3. The van der Waals surface area contributed by atoms with E-state index in [0.29, 0.717) is 18.0 Å². The molecule has 2 fully saturated rings. The van der Waals surface area contributed by atoms with Gasteiger partial charge in [-0.15, -0.1) is 11.3 Å². The first-order valence-electron chi connectivity index (χ1n) is 7.87. The van der Waals surface area contributed by atoms with Crippen LogP contribution in [-0.4, -0.2) is 35.8 Å². The van der Waals surface area contributed by atoms with Crippen LogP contribution in [0.4, 0.5) is 5.13 Å². The molecule has 24 heavy (non-hydrogen) atoms. The van der Waals surface area contributed by atoms with Gasteiger partial charge in [-0.3, -0.25) is 9.78 Å². The molecule has 1 N–H and O–H groups in total. The lowest BCUT2D eigenvalue weighted by Gasteiger charge is -2.10. The average Bonchev–Trinajstić information content (AvgIpc) is 3.21. The number of pyridine rings is 1. The molecule has 3 atom stereocenters. The van der Waals surface area contributed by atoms with Crippen molar-refractivity contribution >= 4 is 32.2 Å². The third-order valence-electron chi connectivity index (χ3n) is 4.86. The van der Waals surface area contributed by atoms with Crippen LogP contribution in [0.5, 0.6) is 0 Å². The van der Waals surface area contributed by atoms with Crippen LogP contribution in [0, 0.1) is 17.8 Å². The number of sulfone groups is 1. The number of hydrogen-bond donors (Lipinski definition) is 1. The molecule has 2 aromatic heterocycles. The van der Waals surface area contributed by atoms with E-state index in [2.05, 4.69) is 15.3 Å². The summed E-state index contributed by atoms with van der Waals surface area (Å²) in [5.74, 6) is 0.625. The van der Waals surface area contributed by atoms with Gasteiger partial charge in [0.05, 0.1) is 17.2 Å². The van der Waals surface area contributed by atoms with E-state index in [4.69, 9.17) is 0 Å². The summed E-state index contributed by atoms with van der Waals surface area (Å²) in [7, 11) is -2.89. The van der Waals surface area contributed by atoms with Crippen LogP contribution < -0.4 is 5.32 Å². The molecular weight excluding hydrogens is 346 g/mol. The van der Waals surface area contributed by atoms with Gasteiger partial charge < -0.3 is 5.32 Å². The van der Waals surface area contributed by atoms with Crippen molar-refractivity contribution < 1.29 is 13.2 Å². The molecule has 0 bridgehead atoms. The first-order valence-corrected chi connectivity index (χ1v) is 10.6. The number of carbonyl (C=O) groups excluding carboxylic acids is 1. The zero-order chi connectivity index (χ0) is 16.7. The van der Waals surface area contributed by atoms with E-state index < -0.39 is 9.84 Å². The minimum Gasteiger partial charge on any atom is -0.302 e. The van der Waals surface area contributed by atoms with Crippen molar-refractivity contribution in [3.05, 3.63) is 29.9 Å². The summed E-state index contributed by atoms with van der Waals surface area (Å²) in [6.45, 7) is 0. The number of nitrogens with one attached hydrogen (secondary N) is 1. The topological polar surface area (TPSA) is 89.0 Å². The number of rotatable bonds is 3. The maximum Gasteiger partial charge on any atom is 0.229 e. The fourth-order valence-corrected chi connectivity index (χ4v) is 6.73. The highest BCUT2D eigenvalue weighted by atomic mass is 32.2. The van der Waals surface area contributed by atoms with Gasteiger partial charge in [-0.2, -0.15) is 0 Å². The van der Waals surface area contributed by atoms with E-state index in [0.717, 1.165) is 11.3 Å². The Morgan fingerprint density at radius 1 is 1.17 bits per heavy atom. The van der Waals surface area contributed by atoms with Gasteiger partial charge in [0.15, 0.2) is 15.0 Å². The Balaban J connectivity index is 1.40. The Hall–Kier alpha value is -1.80. The number of nitrogens with zero attached hydrogens (tertiary/aromatic N) is 2. The van der Waals surface area contributed by atoms with Crippen molar-refractivity contribution in [2.75, 3.05) is 16.8 Å². The van der Waals surface area contributed by atoms with Gasteiger partial charge in [-0.05, 0) is 36.8 Å². The highest BCUT2D eigenvalue weighted by Gasteiger charge is 2.46. The van der Waals surface area contributed by atoms with Crippen molar-refractivity contribution in [1.82, 2.24) is 9.97 Å². The highest BCUT2D eigenvalue weighted by molar-refractivity contribution is 7.91. The highest BCUT2D eigenvalue weighted by Crippen LogP contribution is 2.43. The Morgan fingerprint density at radius 2 is 1.83 bits per heavy atom. The molecule has 0 aromatic carbocycles. The largest absolute Gasteiger partial charge is 0.302 e. The van der Waals surface area contributed by atoms with Gasteiger partial charge in [0.25, 0.3) is 0 Å². The molecule has 1 amide bonds. The van der Waals surface area contributed by atoms with Crippen LogP contribution in [0.15, 0.2) is 29.9 Å². The van der Waals surface area contributed by atoms with E-state index in [1.165, 1.54) is 11.3 Å². The molecule has 1 saturated heterocycles. The van der Waals surface area contributed by atoms with Crippen molar-refractivity contribution in [3.63, 3.8) is 0 Å². The molecule has 6 nitrogen and oxygen atoms in total. The summed E-state index contributed by atoms with van der Waals surface area (Å²) in [5, 5.41) is 5.37. The standard InChI is InChI=1S/C16H17N3O3S2/c20-15(11-5-12-8-24(21,22)9-13(12)6-11)19-16-18-14(7-23-16)10-1-3-17-4-2-10/h1-4,7,11-13H,5-6,8-9H2,(H,18,19,20)/t11?,12-,13+. The summed E-state index contributed by atoms with van der Waals surface area (Å²) in [6.07, 6.45) is 4.74. The summed E-state index contributed by atoms with van der Waals surface area (Å²) in [5.41, 5.74) is 1.77. The Morgan fingerprint density at radius 3 is 2.50 bits per heavy atom. The van der Waals surface area contributed by atoms with Gasteiger partial charge in [-0.1, -0.05) is 0 Å². The number of fused-ring (bicyclic) bond motifs is 1. The molecule has 0 radical (unpaired) electrons. The van der Waals surface area contributed by atoms with Crippen molar-refractivity contribution in [2.24, 2.45) is 17.8 Å². The predicted octanol–water partition coefficient (Wildman–Crippen LogP) is 2.21. The average molecular weight is 363 g/mol. The van der Waals surface area contributed by atoms with Gasteiger partial charge in [-0.25, -0.2) is 13.4 Å². The van der Waals surface area contributed by atoms with E-state index in [1.54, 1.807) is 12.4 Å². The number of amides is 1. The minimum absolute atomic E-state index is 0.0440. The molecule has 3 heterocycles.